The molecular weight excluding hydrogens is 472 g/mol. The molecule has 3 aromatic rings. The van der Waals surface area contributed by atoms with Crippen LogP contribution in [0.2, 0.25) is 0 Å². The summed E-state index contributed by atoms with van der Waals surface area (Å²) >= 11 is 3.54. The van der Waals surface area contributed by atoms with E-state index < -0.39 is 0 Å². The van der Waals surface area contributed by atoms with Crippen LogP contribution in [0.15, 0.2) is 58.3 Å². The summed E-state index contributed by atoms with van der Waals surface area (Å²) < 4.78 is 0.934. The van der Waals surface area contributed by atoms with Gasteiger partial charge in [0.05, 0.1) is 17.4 Å². The van der Waals surface area contributed by atoms with Gasteiger partial charge in [-0.2, -0.15) is 0 Å². The van der Waals surface area contributed by atoms with Gasteiger partial charge >= 0.3 is 6.03 Å². The molecule has 2 aliphatic rings. The zero-order valence-electron chi connectivity index (χ0n) is 17.4. The van der Waals surface area contributed by atoms with Crippen LogP contribution < -0.4 is 10.2 Å². The van der Waals surface area contributed by atoms with Crippen LogP contribution in [0.4, 0.5) is 10.5 Å². The number of rotatable bonds is 6. The minimum Gasteiger partial charge on any atom is -0.345 e. The van der Waals surface area contributed by atoms with Gasteiger partial charge in [0.25, 0.3) is 0 Å². The average molecular weight is 495 g/mol. The number of benzene rings is 2. The third-order valence-electron chi connectivity index (χ3n) is 5.86. The van der Waals surface area contributed by atoms with Gasteiger partial charge in [0.1, 0.15) is 11.9 Å². The molecule has 9 heteroatoms. The molecule has 2 N–H and O–H groups in total. The highest BCUT2D eigenvalue weighted by Crippen LogP contribution is 2.34. The van der Waals surface area contributed by atoms with Crippen molar-refractivity contribution in [1.29, 1.82) is 0 Å². The summed E-state index contributed by atoms with van der Waals surface area (Å²) in [7, 11) is 0. The molecule has 3 amide bonds. The number of aromatic nitrogens is 2. The molecule has 164 valence electrons. The van der Waals surface area contributed by atoms with E-state index in [1.807, 2.05) is 47.4 Å². The second-order valence-electron chi connectivity index (χ2n) is 7.97. The monoisotopic (exact) mass is 494 g/mol. The van der Waals surface area contributed by atoms with Gasteiger partial charge in [-0.05, 0) is 48.7 Å². The fraction of sp³-hybridized carbons (Fsp3) is 0.304. The zero-order chi connectivity index (χ0) is 22.1. The summed E-state index contributed by atoms with van der Waals surface area (Å²) in [6, 6.07) is 13.0. The Hall–Kier alpha value is -3.20. The van der Waals surface area contributed by atoms with E-state index in [0.29, 0.717) is 25.3 Å². The van der Waals surface area contributed by atoms with Crippen LogP contribution in [-0.4, -0.2) is 52.3 Å². The maximum absolute atomic E-state index is 13.1. The molecule has 2 aromatic carbocycles. The Morgan fingerprint density at radius 3 is 2.91 bits per heavy atom. The molecule has 2 aliphatic heterocycles. The van der Waals surface area contributed by atoms with Crippen LogP contribution in [0.25, 0.3) is 11.0 Å². The molecule has 0 radical (unpaired) electrons. The number of hydrogen-bond acceptors (Lipinski definition) is 4. The van der Waals surface area contributed by atoms with Gasteiger partial charge in [-0.15, -0.1) is 0 Å². The van der Waals surface area contributed by atoms with E-state index in [-0.39, 0.29) is 18.0 Å². The molecule has 2 fully saturated rings. The van der Waals surface area contributed by atoms with E-state index in [1.165, 1.54) is 0 Å². The Morgan fingerprint density at radius 1 is 1.19 bits per heavy atom. The Labute approximate surface area is 193 Å². The van der Waals surface area contributed by atoms with Crippen LogP contribution in [0.1, 0.15) is 30.9 Å². The minimum absolute atomic E-state index is 0.221. The van der Waals surface area contributed by atoms with Crippen molar-refractivity contribution in [3.8, 4) is 0 Å². The second kappa shape index (κ2) is 8.74. The van der Waals surface area contributed by atoms with Crippen LogP contribution >= 0.6 is 15.9 Å². The standard InChI is InChI=1S/C23H23BrN6O2/c24-16-5-1-4-15(12-16)21-22(25-9-3-11-29-10-2-6-20(29)31)28-23(32)30(21)17-7-8-18-19(13-17)27-14-26-18/h1,4-5,7-8,12-14,21H,2-3,6,9-11H2,(H,26,27)(H,25,28,32). The number of carbonyl (C=O) groups is 2. The SMILES string of the molecule is O=C1CCCN1CCCN=C1NC(=O)N(c2ccc3[nH]cnc3c2)C1c1cccc(Br)c1. The van der Waals surface area contributed by atoms with E-state index in [0.717, 1.165) is 46.1 Å². The molecular formula is C23H23BrN6O2. The fourth-order valence-corrected chi connectivity index (χ4v) is 4.74. The smallest absolute Gasteiger partial charge is 0.328 e. The van der Waals surface area contributed by atoms with Crippen molar-refractivity contribution in [2.45, 2.75) is 25.3 Å². The lowest BCUT2D eigenvalue weighted by Gasteiger charge is -2.23. The van der Waals surface area contributed by atoms with E-state index >= 15 is 0 Å². The number of fused-ring (bicyclic) bond motifs is 1. The topological polar surface area (TPSA) is 93.7 Å². The third kappa shape index (κ3) is 4.00. The number of nitrogens with zero attached hydrogens (tertiary/aromatic N) is 4. The van der Waals surface area contributed by atoms with E-state index in [1.54, 1.807) is 11.2 Å². The predicted molar refractivity (Wildman–Crippen MR) is 127 cm³/mol. The average Bonchev–Trinajstić information content (AvgIpc) is 3.49. The number of halogens is 1. The van der Waals surface area contributed by atoms with Crippen molar-refractivity contribution < 1.29 is 9.59 Å². The Morgan fingerprint density at radius 2 is 2.09 bits per heavy atom. The van der Waals surface area contributed by atoms with E-state index in [4.69, 9.17) is 4.99 Å². The van der Waals surface area contributed by atoms with Crippen molar-refractivity contribution in [2.75, 3.05) is 24.5 Å². The number of H-pyrrole nitrogens is 1. The molecule has 1 unspecified atom stereocenters. The number of likely N-dealkylation sites (tertiary alicyclic amines) is 1. The first kappa shape index (κ1) is 20.7. The van der Waals surface area contributed by atoms with E-state index in [2.05, 4.69) is 31.2 Å². The van der Waals surface area contributed by atoms with E-state index in [9.17, 15) is 9.59 Å². The molecule has 0 spiro atoms. The summed E-state index contributed by atoms with van der Waals surface area (Å²) in [5, 5.41) is 2.96. The number of anilines is 1. The predicted octanol–water partition coefficient (Wildman–Crippen LogP) is 4.01. The molecule has 3 heterocycles. The molecule has 0 bridgehead atoms. The van der Waals surface area contributed by atoms with Crippen LogP contribution in [0.5, 0.6) is 0 Å². The van der Waals surface area contributed by atoms with Crippen molar-refractivity contribution in [3.63, 3.8) is 0 Å². The fourth-order valence-electron chi connectivity index (χ4n) is 4.33. The second-order valence-corrected chi connectivity index (χ2v) is 8.88. The Balaban J connectivity index is 1.43. The van der Waals surface area contributed by atoms with Crippen LogP contribution in [0, 0.1) is 0 Å². The molecule has 5 rings (SSSR count). The van der Waals surface area contributed by atoms with Gasteiger partial charge in [0, 0.05) is 36.2 Å². The van der Waals surface area contributed by atoms with Gasteiger partial charge in [-0.1, -0.05) is 28.1 Å². The lowest BCUT2D eigenvalue weighted by Crippen LogP contribution is -2.29. The normalized spacial score (nSPS) is 20.0. The molecule has 0 aliphatic carbocycles. The lowest BCUT2D eigenvalue weighted by molar-refractivity contribution is -0.127. The highest BCUT2D eigenvalue weighted by atomic mass is 79.9. The van der Waals surface area contributed by atoms with Crippen molar-refractivity contribution in [1.82, 2.24) is 20.2 Å². The molecule has 1 aromatic heterocycles. The zero-order valence-corrected chi connectivity index (χ0v) is 19.0. The first-order valence-electron chi connectivity index (χ1n) is 10.7. The Kier molecular flexibility index (Phi) is 5.65. The number of aliphatic imine (C=N–C) groups is 1. The van der Waals surface area contributed by atoms with Crippen LogP contribution in [0.3, 0.4) is 0 Å². The van der Waals surface area contributed by atoms with Gasteiger partial charge in [-0.25, -0.2) is 9.78 Å². The van der Waals surface area contributed by atoms with Crippen molar-refractivity contribution >= 4 is 50.4 Å². The first-order valence-corrected chi connectivity index (χ1v) is 11.5. The Bertz CT molecular complexity index is 1210. The minimum atomic E-state index is -0.371. The summed E-state index contributed by atoms with van der Waals surface area (Å²) in [5.41, 5.74) is 3.41. The maximum Gasteiger partial charge on any atom is 0.328 e. The first-order chi connectivity index (χ1) is 15.6. The van der Waals surface area contributed by atoms with Gasteiger partial charge in [0.15, 0.2) is 0 Å². The number of amidine groups is 1. The van der Waals surface area contributed by atoms with Gasteiger partial charge < -0.3 is 9.88 Å². The molecule has 2 saturated heterocycles. The molecule has 1 atom stereocenters. The number of nitrogens with one attached hydrogen (secondary N) is 2. The van der Waals surface area contributed by atoms with Crippen molar-refractivity contribution in [2.24, 2.45) is 4.99 Å². The summed E-state index contributed by atoms with van der Waals surface area (Å²) in [5.74, 6) is 0.835. The number of urea groups is 1. The van der Waals surface area contributed by atoms with Crippen LogP contribution in [-0.2, 0) is 4.79 Å². The molecule has 0 saturated carbocycles. The number of amides is 3. The highest BCUT2D eigenvalue weighted by molar-refractivity contribution is 9.10. The highest BCUT2D eigenvalue weighted by Gasteiger charge is 2.39. The largest absolute Gasteiger partial charge is 0.345 e. The number of carbonyl (C=O) groups excluding carboxylic acids is 2. The number of aromatic amines is 1. The summed E-state index contributed by atoms with van der Waals surface area (Å²) in [6.07, 6.45) is 3.98. The maximum atomic E-state index is 13.1. The quantitative estimate of drug-likeness (QED) is 0.507. The lowest BCUT2D eigenvalue weighted by atomic mass is 10.0. The van der Waals surface area contributed by atoms with Gasteiger partial charge in [-0.3, -0.25) is 20.0 Å². The molecule has 8 nitrogen and oxygen atoms in total. The van der Waals surface area contributed by atoms with Gasteiger partial charge in [0.2, 0.25) is 5.91 Å². The summed E-state index contributed by atoms with van der Waals surface area (Å²) in [4.78, 5) is 40.6. The third-order valence-corrected chi connectivity index (χ3v) is 6.35. The molecule has 32 heavy (non-hydrogen) atoms. The van der Waals surface area contributed by atoms with Crippen molar-refractivity contribution in [3.05, 3.63) is 58.8 Å². The number of hydrogen-bond donors (Lipinski definition) is 2. The summed E-state index contributed by atoms with van der Waals surface area (Å²) in [6.45, 7) is 2.07. The number of imidazole rings is 1.